The van der Waals surface area contributed by atoms with Crippen LogP contribution in [0.15, 0.2) is 16.6 Å². The zero-order valence-corrected chi connectivity index (χ0v) is 12.5. The van der Waals surface area contributed by atoms with Crippen molar-refractivity contribution < 1.29 is 9.13 Å². The van der Waals surface area contributed by atoms with E-state index < -0.39 is 0 Å². The first-order chi connectivity index (χ1) is 8.57. The standard InChI is InChI=1S/C12H16BrFN2OS/c1-17-7-3-2-6-16-9-5-4-8(12(15)18)10(13)11(9)14/h4-5,16H,2-3,6-7H2,1H3,(H2,15,18). The van der Waals surface area contributed by atoms with Crippen LogP contribution in [0.2, 0.25) is 0 Å². The molecule has 0 saturated carbocycles. The van der Waals surface area contributed by atoms with E-state index in [1.165, 1.54) is 0 Å². The molecule has 0 aliphatic heterocycles. The van der Waals surface area contributed by atoms with Crippen molar-refractivity contribution >= 4 is 38.8 Å². The topological polar surface area (TPSA) is 47.3 Å². The molecule has 0 spiro atoms. The molecule has 0 radical (unpaired) electrons. The van der Waals surface area contributed by atoms with Gasteiger partial charge in [0, 0.05) is 25.8 Å². The Hall–Kier alpha value is -0.720. The number of methoxy groups -OCH3 is 1. The van der Waals surface area contributed by atoms with Gasteiger partial charge in [0.1, 0.15) is 4.99 Å². The Morgan fingerprint density at radius 3 is 2.83 bits per heavy atom. The fourth-order valence-corrected chi connectivity index (χ4v) is 2.33. The van der Waals surface area contributed by atoms with Gasteiger partial charge in [0.2, 0.25) is 0 Å². The van der Waals surface area contributed by atoms with E-state index in [4.69, 9.17) is 22.7 Å². The molecule has 0 bridgehead atoms. The minimum Gasteiger partial charge on any atom is -0.389 e. The molecular weight excluding hydrogens is 319 g/mol. The maximum Gasteiger partial charge on any atom is 0.161 e. The number of hydrogen-bond donors (Lipinski definition) is 2. The molecule has 0 aromatic heterocycles. The number of nitrogens with one attached hydrogen (secondary N) is 1. The third kappa shape index (κ3) is 4.19. The van der Waals surface area contributed by atoms with Crippen LogP contribution >= 0.6 is 28.1 Å². The third-order valence-electron chi connectivity index (χ3n) is 2.44. The zero-order chi connectivity index (χ0) is 13.5. The second-order valence-electron chi connectivity index (χ2n) is 3.78. The summed E-state index contributed by atoms with van der Waals surface area (Å²) in [4.78, 5) is 0.174. The highest BCUT2D eigenvalue weighted by Gasteiger charge is 2.12. The molecule has 18 heavy (non-hydrogen) atoms. The summed E-state index contributed by atoms with van der Waals surface area (Å²) >= 11 is 8.00. The summed E-state index contributed by atoms with van der Waals surface area (Å²) in [7, 11) is 1.67. The summed E-state index contributed by atoms with van der Waals surface area (Å²) in [5.41, 5.74) is 6.44. The average Bonchev–Trinajstić information content (AvgIpc) is 2.33. The molecule has 100 valence electrons. The predicted octanol–water partition coefficient (Wildman–Crippen LogP) is 3.06. The first-order valence-electron chi connectivity index (χ1n) is 5.58. The molecule has 3 N–H and O–H groups in total. The highest BCUT2D eigenvalue weighted by Crippen LogP contribution is 2.27. The van der Waals surface area contributed by atoms with Crippen LogP contribution in [0.5, 0.6) is 0 Å². The predicted molar refractivity (Wildman–Crippen MR) is 79.6 cm³/mol. The molecule has 0 atom stereocenters. The monoisotopic (exact) mass is 334 g/mol. The van der Waals surface area contributed by atoms with Gasteiger partial charge in [0.25, 0.3) is 0 Å². The maximum absolute atomic E-state index is 13.9. The van der Waals surface area contributed by atoms with Gasteiger partial charge in [-0.05, 0) is 40.9 Å². The van der Waals surface area contributed by atoms with Crippen LogP contribution in [-0.4, -0.2) is 25.2 Å². The molecule has 0 unspecified atom stereocenters. The van der Waals surface area contributed by atoms with Gasteiger partial charge in [-0.2, -0.15) is 0 Å². The van der Waals surface area contributed by atoms with Gasteiger partial charge < -0.3 is 15.8 Å². The molecule has 1 rings (SSSR count). The van der Waals surface area contributed by atoms with E-state index in [0.29, 0.717) is 28.9 Å². The van der Waals surface area contributed by atoms with Crippen molar-refractivity contribution in [2.75, 3.05) is 25.6 Å². The van der Waals surface area contributed by atoms with Crippen molar-refractivity contribution in [3.8, 4) is 0 Å². The lowest BCUT2D eigenvalue weighted by atomic mass is 10.2. The van der Waals surface area contributed by atoms with Crippen LogP contribution in [0, 0.1) is 5.82 Å². The van der Waals surface area contributed by atoms with Crippen LogP contribution in [-0.2, 0) is 4.74 Å². The van der Waals surface area contributed by atoms with Crippen molar-refractivity contribution in [1.29, 1.82) is 0 Å². The Morgan fingerprint density at radius 2 is 2.22 bits per heavy atom. The molecule has 0 aliphatic rings. The van der Waals surface area contributed by atoms with Crippen LogP contribution < -0.4 is 11.1 Å². The van der Waals surface area contributed by atoms with E-state index in [9.17, 15) is 4.39 Å². The fourth-order valence-electron chi connectivity index (χ4n) is 1.47. The van der Waals surface area contributed by atoms with Gasteiger partial charge >= 0.3 is 0 Å². The fraction of sp³-hybridized carbons (Fsp3) is 0.417. The van der Waals surface area contributed by atoms with Gasteiger partial charge in [-0.3, -0.25) is 0 Å². The lowest BCUT2D eigenvalue weighted by Gasteiger charge is -2.11. The van der Waals surface area contributed by atoms with E-state index in [1.54, 1.807) is 19.2 Å². The molecule has 6 heteroatoms. The van der Waals surface area contributed by atoms with Gasteiger partial charge in [0.15, 0.2) is 5.82 Å². The minimum atomic E-state index is -0.368. The number of nitrogens with two attached hydrogens (primary N) is 1. The second-order valence-corrected chi connectivity index (χ2v) is 5.01. The lowest BCUT2D eigenvalue weighted by molar-refractivity contribution is 0.194. The molecule has 0 amide bonds. The number of benzene rings is 1. The Labute approximate surface area is 120 Å². The minimum absolute atomic E-state index is 0.174. The van der Waals surface area contributed by atoms with Crippen molar-refractivity contribution in [3.05, 3.63) is 28.0 Å². The summed E-state index contributed by atoms with van der Waals surface area (Å²) in [5, 5.41) is 3.03. The Bertz CT molecular complexity index is 429. The van der Waals surface area contributed by atoms with E-state index in [0.717, 1.165) is 12.8 Å². The molecule has 0 saturated heterocycles. The first kappa shape index (κ1) is 15.3. The molecule has 1 aromatic carbocycles. The lowest BCUT2D eigenvalue weighted by Crippen LogP contribution is -2.12. The Morgan fingerprint density at radius 1 is 1.50 bits per heavy atom. The highest BCUT2D eigenvalue weighted by molar-refractivity contribution is 9.10. The van der Waals surface area contributed by atoms with E-state index in [2.05, 4.69) is 21.2 Å². The number of hydrogen-bond acceptors (Lipinski definition) is 3. The number of anilines is 1. The summed E-state index contributed by atoms with van der Waals surface area (Å²) < 4.78 is 19.2. The maximum atomic E-state index is 13.9. The highest BCUT2D eigenvalue weighted by atomic mass is 79.9. The molecule has 0 fully saturated rings. The SMILES string of the molecule is COCCCCNc1ccc(C(N)=S)c(Br)c1F. The number of unbranched alkanes of at least 4 members (excludes halogenated alkanes) is 1. The molecule has 0 aliphatic carbocycles. The van der Waals surface area contributed by atoms with E-state index >= 15 is 0 Å². The summed E-state index contributed by atoms with van der Waals surface area (Å²) in [5.74, 6) is -0.368. The number of rotatable bonds is 7. The largest absolute Gasteiger partial charge is 0.389 e. The van der Waals surface area contributed by atoms with E-state index in [-0.39, 0.29) is 10.8 Å². The van der Waals surface area contributed by atoms with E-state index in [1.807, 2.05) is 0 Å². The Kier molecular flexibility index (Phi) is 6.52. The van der Waals surface area contributed by atoms with Crippen molar-refractivity contribution in [2.24, 2.45) is 5.73 Å². The van der Waals surface area contributed by atoms with Crippen LogP contribution in [0.3, 0.4) is 0 Å². The normalized spacial score (nSPS) is 10.4. The van der Waals surface area contributed by atoms with Gasteiger partial charge in [-0.25, -0.2) is 4.39 Å². The van der Waals surface area contributed by atoms with Crippen LogP contribution in [0.1, 0.15) is 18.4 Å². The Balaban J connectivity index is 2.62. The van der Waals surface area contributed by atoms with Gasteiger partial charge in [-0.15, -0.1) is 0 Å². The molecule has 0 heterocycles. The smallest absolute Gasteiger partial charge is 0.161 e. The third-order valence-corrected chi connectivity index (χ3v) is 3.43. The zero-order valence-electron chi connectivity index (χ0n) is 10.1. The summed E-state index contributed by atoms with van der Waals surface area (Å²) in [6.45, 7) is 1.41. The number of ether oxygens (including phenoxy) is 1. The second kappa shape index (κ2) is 7.66. The number of halogens is 2. The molecule has 3 nitrogen and oxygen atoms in total. The summed E-state index contributed by atoms with van der Waals surface area (Å²) in [6, 6.07) is 3.35. The average molecular weight is 335 g/mol. The quantitative estimate of drug-likeness (QED) is 0.594. The van der Waals surface area contributed by atoms with Crippen molar-refractivity contribution in [3.63, 3.8) is 0 Å². The van der Waals surface area contributed by atoms with Gasteiger partial charge in [0.05, 0.1) is 10.2 Å². The summed E-state index contributed by atoms with van der Waals surface area (Å²) in [6.07, 6.45) is 1.86. The van der Waals surface area contributed by atoms with Crippen molar-refractivity contribution in [2.45, 2.75) is 12.8 Å². The van der Waals surface area contributed by atoms with Crippen LogP contribution in [0.4, 0.5) is 10.1 Å². The van der Waals surface area contributed by atoms with Gasteiger partial charge in [-0.1, -0.05) is 12.2 Å². The van der Waals surface area contributed by atoms with Crippen molar-refractivity contribution in [1.82, 2.24) is 0 Å². The molecular formula is C12H16BrFN2OS. The molecule has 1 aromatic rings. The number of thiocarbonyl (C=S) groups is 1. The van der Waals surface area contributed by atoms with Crippen LogP contribution in [0.25, 0.3) is 0 Å². The first-order valence-corrected chi connectivity index (χ1v) is 6.78.